The summed E-state index contributed by atoms with van der Waals surface area (Å²) in [6.07, 6.45) is 3.30. The summed E-state index contributed by atoms with van der Waals surface area (Å²) in [6, 6.07) is 14.3. The van der Waals surface area contributed by atoms with Crippen LogP contribution in [-0.2, 0) is 4.79 Å². The summed E-state index contributed by atoms with van der Waals surface area (Å²) in [4.78, 5) is 37.5. The lowest BCUT2D eigenvalue weighted by Gasteiger charge is -2.35. The number of carbonyl (C=O) groups is 2. The molecule has 3 aromatic rings. The Kier molecular flexibility index (Phi) is 5.63. The molecule has 2 fully saturated rings. The van der Waals surface area contributed by atoms with Gasteiger partial charge in [-0.3, -0.25) is 14.9 Å². The second-order valence-corrected chi connectivity index (χ2v) is 8.83. The molecule has 1 N–H and O–H groups in total. The van der Waals surface area contributed by atoms with Crippen LogP contribution in [0, 0.1) is 0 Å². The van der Waals surface area contributed by atoms with E-state index in [4.69, 9.17) is 0 Å². The first-order valence-electron chi connectivity index (χ1n) is 10.7. The molecule has 1 aromatic heterocycles. The Balaban J connectivity index is 1.44. The number of piperazine rings is 1. The summed E-state index contributed by atoms with van der Waals surface area (Å²) in [5.74, 6) is -0.361. The highest BCUT2D eigenvalue weighted by atomic mass is 32.2. The fourth-order valence-corrected chi connectivity index (χ4v) is 4.80. The fraction of sp³-hybridized carbons (Fsp3) is 0.250. The van der Waals surface area contributed by atoms with Crippen molar-refractivity contribution in [3.8, 4) is 11.3 Å². The van der Waals surface area contributed by atoms with Gasteiger partial charge in [-0.15, -0.1) is 0 Å². The molecule has 5 rings (SSSR count). The van der Waals surface area contributed by atoms with E-state index in [0.29, 0.717) is 4.91 Å². The molecule has 7 nitrogen and oxygen atoms in total. The lowest BCUT2D eigenvalue weighted by Crippen LogP contribution is -2.46. The molecule has 0 atom stereocenters. The molecule has 2 aromatic carbocycles. The number of carbonyl (C=O) groups excluding carboxylic acids is 2. The number of likely N-dealkylation sites (N-methyl/N-ethyl adjacent to an activating group) is 1. The van der Waals surface area contributed by atoms with Crippen molar-refractivity contribution in [3.63, 3.8) is 0 Å². The number of benzene rings is 2. The van der Waals surface area contributed by atoms with Crippen LogP contribution in [0.5, 0.6) is 0 Å². The molecule has 0 saturated carbocycles. The molecule has 2 amide bonds. The standard InChI is InChI=1S/C24H23N5O2S/c1-2-28-9-11-29(12-10-28)18-6-4-17(5-7-18)22-19-13-16(3-8-20(19)25-15-26-22)14-21-23(30)27-24(31)32-21/h3-8,13-15H,2,9-12H2,1H3,(H,27,30,31). The van der Waals surface area contributed by atoms with E-state index in [1.54, 1.807) is 12.4 Å². The molecule has 32 heavy (non-hydrogen) atoms. The summed E-state index contributed by atoms with van der Waals surface area (Å²) in [5, 5.41) is 2.84. The topological polar surface area (TPSA) is 78.4 Å². The van der Waals surface area contributed by atoms with Crippen LogP contribution >= 0.6 is 11.8 Å². The molecule has 0 unspecified atom stereocenters. The zero-order valence-corrected chi connectivity index (χ0v) is 18.6. The van der Waals surface area contributed by atoms with E-state index in [2.05, 4.69) is 56.3 Å². The maximum atomic E-state index is 11.9. The molecule has 8 heteroatoms. The summed E-state index contributed by atoms with van der Waals surface area (Å²) >= 11 is 0.914. The van der Waals surface area contributed by atoms with Gasteiger partial charge < -0.3 is 9.80 Å². The number of amides is 2. The largest absolute Gasteiger partial charge is 0.369 e. The zero-order chi connectivity index (χ0) is 22.1. The summed E-state index contributed by atoms with van der Waals surface area (Å²) < 4.78 is 0. The van der Waals surface area contributed by atoms with Gasteiger partial charge in [-0.1, -0.05) is 25.1 Å². The van der Waals surface area contributed by atoms with Crippen LogP contribution in [0.4, 0.5) is 10.5 Å². The van der Waals surface area contributed by atoms with E-state index in [0.717, 1.165) is 72.2 Å². The third-order valence-electron chi connectivity index (χ3n) is 5.92. The predicted octanol–water partition coefficient (Wildman–Crippen LogP) is 3.76. The van der Waals surface area contributed by atoms with Crippen LogP contribution in [0.25, 0.3) is 28.2 Å². The van der Waals surface area contributed by atoms with Gasteiger partial charge >= 0.3 is 0 Å². The van der Waals surface area contributed by atoms with Gasteiger partial charge in [0.05, 0.1) is 16.1 Å². The van der Waals surface area contributed by atoms with E-state index in [-0.39, 0.29) is 11.1 Å². The molecule has 0 aliphatic carbocycles. The smallest absolute Gasteiger partial charge is 0.290 e. The number of nitrogens with zero attached hydrogens (tertiary/aromatic N) is 4. The maximum Gasteiger partial charge on any atom is 0.290 e. The Morgan fingerprint density at radius 1 is 1.03 bits per heavy atom. The average molecular weight is 446 g/mol. The van der Waals surface area contributed by atoms with E-state index < -0.39 is 0 Å². The second-order valence-electron chi connectivity index (χ2n) is 7.82. The van der Waals surface area contributed by atoms with Crippen molar-refractivity contribution in [1.29, 1.82) is 0 Å². The van der Waals surface area contributed by atoms with Crippen LogP contribution in [0.2, 0.25) is 0 Å². The van der Waals surface area contributed by atoms with E-state index in [1.807, 2.05) is 18.2 Å². The van der Waals surface area contributed by atoms with Crippen LogP contribution in [0.3, 0.4) is 0 Å². The number of anilines is 1. The van der Waals surface area contributed by atoms with Gasteiger partial charge in [-0.05, 0) is 54.2 Å². The molecule has 2 aliphatic heterocycles. The van der Waals surface area contributed by atoms with Gasteiger partial charge in [0.2, 0.25) is 0 Å². The Bertz CT molecular complexity index is 1220. The second kappa shape index (κ2) is 8.72. The number of thioether (sulfide) groups is 1. The highest BCUT2D eigenvalue weighted by Gasteiger charge is 2.25. The molecular formula is C24H23N5O2S. The zero-order valence-electron chi connectivity index (χ0n) is 17.7. The van der Waals surface area contributed by atoms with Crippen molar-refractivity contribution in [2.45, 2.75) is 6.92 Å². The number of hydrogen-bond donors (Lipinski definition) is 1. The first kappa shape index (κ1) is 20.7. The minimum Gasteiger partial charge on any atom is -0.369 e. The highest BCUT2D eigenvalue weighted by Crippen LogP contribution is 2.30. The number of fused-ring (bicyclic) bond motifs is 1. The number of hydrogen-bond acceptors (Lipinski definition) is 7. The fourth-order valence-electron chi connectivity index (χ4n) is 4.12. The van der Waals surface area contributed by atoms with Gasteiger partial charge in [0.25, 0.3) is 11.1 Å². The molecule has 0 radical (unpaired) electrons. The lowest BCUT2D eigenvalue weighted by atomic mass is 10.0. The number of aromatic nitrogens is 2. The van der Waals surface area contributed by atoms with Crippen molar-refractivity contribution < 1.29 is 9.59 Å². The molecule has 0 bridgehead atoms. The van der Waals surface area contributed by atoms with Crippen molar-refractivity contribution in [3.05, 3.63) is 59.3 Å². The summed E-state index contributed by atoms with van der Waals surface area (Å²) in [5.41, 5.74) is 4.74. The molecular weight excluding hydrogens is 422 g/mol. The van der Waals surface area contributed by atoms with Crippen molar-refractivity contribution in [2.75, 3.05) is 37.6 Å². The Labute approximate surface area is 190 Å². The summed E-state index contributed by atoms with van der Waals surface area (Å²) in [6.45, 7) is 7.57. The third-order valence-corrected chi connectivity index (χ3v) is 6.74. The van der Waals surface area contributed by atoms with Gasteiger partial charge in [0.1, 0.15) is 6.33 Å². The SMILES string of the molecule is CCN1CCN(c2ccc(-c3ncnc4ccc(C=C5SC(=O)NC5=O)cc34)cc2)CC1. The van der Waals surface area contributed by atoms with E-state index >= 15 is 0 Å². The van der Waals surface area contributed by atoms with Crippen molar-refractivity contribution >= 4 is 45.6 Å². The third kappa shape index (κ3) is 4.11. The highest BCUT2D eigenvalue weighted by molar-refractivity contribution is 8.18. The van der Waals surface area contributed by atoms with E-state index in [1.165, 1.54) is 5.69 Å². The molecule has 2 saturated heterocycles. The number of nitrogens with one attached hydrogen (secondary N) is 1. The maximum absolute atomic E-state index is 11.9. The van der Waals surface area contributed by atoms with Crippen LogP contribution < -0.4 is 10.2 Å². The van der Waals surface area contributed by atoms with Crippen molar-refractivity contribution in [1.82, 2.24) is 20.2 Å². The van der Waals surface area contributed by atoms with Crippen LogP contribution in [0.1, 0.15) is 12.5 Å². The van der Waals surface area contributed by atoms with Gasteiger partial charge in [-0.25, -0.2) is 9.97 Å². The molecule has 162 valence electrons. The van der Waals surface area contributed by atoms with E-state index in [9.17, 15) is 9.59 Å². The first-order valence-corrected chi connectivity index (χ1v) is 11.5. The van der Waals surface area contributed by atoms with Crippen LogP contribution in [0.15, 0.2) is 53.7 Å². The quantitative estimate of drug-likeness (QED) is 0.613. The monoisotopic (exact) mass is 445 g/mol. The van der Waals surface area contributed by atoms with Crippen LogP contribution in [-0.4, -0.2) is 58.7 Å². The predicted molar refractivity (Wildman–Crippen MR) is 128 cm³/mol. The van der Waals surface area contributed by atoms with Gasteiger partial charge in [-0.2, -0.15) is 0 Å². The molecule has 2 aliphatic rings. The Morgan fingerprint density at radius 3 is 2.50 bits per heavy atom. The van der Waals surface area contributed by atoms with Crippen molar-refractivity contribution in [2.24, 2.45) is 0 Å². The van der Waals surface area contributed by atoms with Gasteiger partial charge in [0.15, 0.2) is 0 Å². The number of imide groups is 1. The molecule has 0 spiro atoms. The minimum atomic E-state index is -0.361. The minimum absolute atomic E-state index is 0.345. The van der Waals surface area contributed by atoms with Gasteiger partial charge in [0, 0.05) is 42.8 Å². The Hall–Kier alpha value is -3.23. The average Bonchev–Trinajstić information content (AvgIpc) is 3.15. The molecule has 3 heterocycles. The Morgan fingerprint density at radius 2 is 1.81 bits per heavy atom. The number of rotatable bonds is 4. The lowest BCUT2D eigenvalue weighted by molar-refractivity contribution is -0.115. The summed E-state index contributed by atoms with van der Waals surface area (Å²) in [7, 11) is 0. The first-order chi connectivity index (χ1) is 15.6. The normalized spacial score (nSPS) is 18.5.